The molecule has 104 valence electrons. The summed E-state index contributed by atoms with van der Waals surface area (Å²) in [5, 5.41) is 0.112. The summed E-state index contributed by atoms with van der Waals surface area (Å²) in [5.41, 5.74) is 0.0433. The van der Waals surface area contributed by atoms with Crippen molar-refractivity contribution in [3.63, 3.8) is 0 Å². The lowest BCUT2D eigenvalue weighted by Gasteiger charge is -2.10. The maximum Gasteiger partial charge on any atom is 0.313 e. The quantitative estimate of drug-likeness (QED) is 0.258. The first-order valence-electron chi connectivity index (χ1n) is 5.29. The van der Waals surface area contributed by atoms with Gasteiger partial charge in [-0.15, -0.1) is 0 Å². The second kappa shape index (κ2) is 6.80. The molecule has 0 heterocycles. The van der Waals surface area contributed by atoms with Gasteiger partial charge in [0.1, 0.15) is 6.42 Å². The van der Waals surface area contributed by atoms with Gasteiger partial charge in [-0.1, -0.05) is 46.4 Å². The van der Waals surface area contributed by atoms with Gasteiger partial charge < -0.3 is 4.74 Å². The number of esters is 1. The van der Waals surface area contributed by atoms with Gasteiger partial charge in [0.25, 0.3) is 0 Å². The molecule has 0 aliphatic carbocycles. The molecular formula is C12H10Cl4O3. The Morgan fingerprint density at radius 3 is 2.21 bits per heavy atom. The van der Waals surface area contributed by atoms with E-state index in [2.05, 4.69) is 0 Å². The highest BCUT2D eigenvalue weighted by Crippen LogP contribution is 2.38. The lowest BCUT2D eigenvalue weighted by Crippen LogP contribution is -2.16. The van der Waals surface area contributed by atoms with E-state index in [0.29, 0.717) is 0 Å². The van der Waals surface area contributed by atoms with Crippen molar-refractivity contribution in [3.05, 3.63) is 31.7 Å². The van der Waals surface area contributed by atoms with Crippen molar-refractivity contribution in [2.45, 2.75) is 26.4 Å². The van der Waals surface area contributed by atoms with E-state index < -0.39 is 18.2 Å². The highest BCUT2D eigenvalue weighted by atomic mass is 35.5. The highest BCUT2D eigenvalue weighted by molar-refractivity contribution is 6.52. The molecule has 1 aromatic rings. The largest absolute Gasteiger partial charge is 0.463 e. The van der Waals surface area contributed by atoms with Crippen molar-refractivity contribution in [2.24, 2.45) is 0 Å². The molecule has 0 saturated heterocycles. The number of carbonyl (C=O) groups excluding carboxylic acids is 2. The molecule has 0 fully saturated rings. The molecule has 0 atom stereocenters. The number of Topliss-reactive ketones (excluding diaryl/α,β-unsaturated/α-hetero) is 1. The lowest BCUT2D eigenvalue weighted by molar-refractivity contribution is -0.146. The number of ketones is 1. The molecule has 0 spiro atoms. The average molecular weight is 344 g/mol. The molecule has 3 nitrogen and oxygen atoms in total. The predicted molar refractivity (Wildman–Crippen MR) is 76.7 cm³/mol. The van der Waals surface area contributed by atoms with E-state index in [4.69, 9.17) is 51.1 Å². The fraction of sp³-hybridized carbons (Fsp3) is 0.333. The minimum absolute atomic E-state index is 0.0172. The van der Waals surface area contributed by atoms with Crippen LogP contribution in [-0.4, -0.2) is 17.9 Å². The van der Waals surface area contributed by atoms with Crippen molar-refractivity contribution >= 4 is 58.2 Å². The molecule has 0 N–H and O–H groups in total. The van der Waals surface area contributed by atoms with Crippen LogP contribution >= 0.6 is 46.4 Å². The molecular weight excluding hydrogens is 334 g/mol. The molecule has 19 heavy (non-hydrogen) atoms. The van der Waals surface area contributed by atoms with E-state index in [1.165, 1.54) is 6.07 Å². The zero-order chi connectivity index (χ0) is 14.7. The van der Waals surface area contributed by atoms with Crippen LogP contribution in [0.25, 0.3) is 0 Å². The summed E-state index contributed by atoms with van der Waals surface area (Å²) in [7, 11) is 0. The molecule has 1 aromatic carbocycles. The molecule has 0 saturated carbocycles. The van der Waals surface area contributed by atoms with Crippen molar-refractivity contribution in [2.75, 3.05) is 0 Å². The Labute approximate surface area is 130 Å². The number of carbonyl (C=O) groups is 2. The summed E-state index contributed by atoms with van der Waals surface area (Å²) in [4.78, 5) is 23.3. The number of rotatable bonds is 4. The van der Waals surface area contributed by atoms with Crippen LogP contribution in [-0.2, 0) is 9.53 Å². The van der Waals surface area contributed by atoms with Crippen molar-refractivity contribution in [1.82, 2.24) is 0 Å². The van der Waals surface area contributed by atoms with Crippen LogP contribution in [0.4, 0.5) is 0 Å². The van der Waals surface area contributed by atoms with Crippen molar-refractivity contribution in [1.29, 1.82) is 0 Å². The van der Waals surface area contributed by atoms with Gasteiger partial charge in [-0.05, 0) is 19.9 Å². The van der Waals surface area contributed by atoms with E-state index in [-0.39, 0.29) is 31.8 Å². The van der Waals surface area contributed by atoms with Crippen LogP contribution in [0.3, 0.4) is 0 Å². The Morgan fingerprint density at radius 1 is 1.11 bits per heavy atom. The van der Waals surface area contributed by atoms with Crippen LogP contribution < -0.4 is 0 Å². The second-order valence-corrected chi connectivity index (χ2v) is 5.53. The Morgan fingerprint density at radius 2 is 1.68 bits per heavy atom. The van der Waals surface area contributed by atoms with Gasteiger partial charge in [0.05, 0.1) is 26.2 Å². The molecule has 0 amide bonds. The molecule has 0 radical (unpaired) electrons. The molecule has 0 bridgehead atoms. The van der Waals surface area contributed by atoms with Gasteiger partial charge in [0, 0.05) is 5.56 Å². The number of hydrogen-bond donors (Lipinski definition) is 0. The van der Waals surface area contributed by atoms with Gasteiger partial charge in [0.15, 0.2) is 5.78 Å². The monoisotopic (exact) mass is 342 g/mol. The zero-order valence-electron chi connectivity index (χ0n) is 10.1. The summed E-state index contributed by atoms with van der Waals surface area (Å²) in [6, 6.07) is 1.28. The topological polar surface area (TPSA) is 43.4 Å². The predicted octanol–water partition coefficient (Wildman–Crippen LogP) is 4.82. The molecule has 7 heteroatoms. The minimum Gasteiger partial charge on any atom is -0.463 e. The summed E-state index contributed by atoms with van der Waals surface area (Å²) in [5.74, 6) is -1.17. The molecule has 0 aliphatic rings. The first-order valence-corrected chi connectivity index (χ1v) is 6.81. The standard InChI is InChI=1S/C12H10Cl4O3/c1-5(2)19-9(18)4-8(17)6-3-7(13)11(15)12(16)10(6)14/h3,5H,4H2,1-2H3. The number of benzene rings is 1. The van der Waals surface area contributed by atoms with Gasteiger partial charge in [-0.3, -0.25) is 9.59 Å². The molecule has 0 unspecified atom stereocenters. The molecule has 0 aromatic heterocycles. The van der Waals surface area contributed by atoms with Crippen LogP contribution in [0.1, 0.15) is 30.6 Å². The third kappa shape index (κ3) is 4.25. The highest BCUT2D eigenvalue weighted by Gasteiger charge is 2.21. The third-order valence-electron chi connectivity index (χ3n) is 2.08. The Bertz CT molecular complexity index is 526. The van der Waals surface area contributed by atoms with Crippen molar-refractivity contribution < 1.29 is 14.3 Å². The normalized spacial score (nSPS) is 10.7. The minimum atomic E-state index is -0.640. The van der Waals surface area contributed by atoms with E-state index in [0.717, 1.165) is 0 Å². The molecule has 0 aliphatic heterocycles. The SMILES string of the molecule is CC(C)OC(=O)CC(=O)c1cc(Cl)c(Cl)c(Cl)c1Cl. The summed E-state index contributed by atoms with van der Waals surface area (Å²) < 4.78 is 4.87. The lowest BCUT2D eigenvalue weighted by atomic mass is 10.1. The van der Waals surface area contributed by atoms with Gasteiger partial charge in [0.2, 0.25) is 0 Å². The van der Waals surface area contributed by atoms with Crippen LogP contribution in [0.2, 0.25) is 20.1 Å². The average Bonchev–Trinajstić information content (AvgIpc) is 2.29. The first kappa shape index (κ1) is 16.6. The fourth-order valence-electron chi connectivity index (χ4n) is 1.31. The van der Waals surface area contributed by atoms with Gasteiger partial charge in [-0.2, -0.15) is 0 Å². The van der Waals surface area contributed by atoms with Gasteiger partial charge >= 0.3 is 5.97 Å². The molecule has 1 rings (SSSR count). The summed E-state index contributed by atoms with van der Waals surface area (Å²) in [6.45, 7) is 3.37. The summed E-state index contributed by atoms with van der Waals surface area (Å²) >= 11 is 23.3. The van der Waals surface area contributed by atoms with E-state index in [1.54, 1.807) is 13.8 Å². The van der Waals surface area contributed by atoms with Crippen LogP contribution in [0.5, 0.6) is 0 Å². The van der Waals surface area contributed by atoms with Crippen LogP contribution in [0.15, 0.2) is 6.07 Å². The maximum absolute atomic E-state index is 11.9. The maximum atomic E-state index is 11.9. The van der Waals surface area contributed by atoms with Crippen molar-refractivity contribution in [3.8, 4) is 0 Å². The van der Waals surface area contributed by atoms with E-state index in [9.17, 15) is 9.59 Å². The number of ether oxygens (including phenoxy) is 1. The van der Waals surface area contributed by atoms with E-state index >= 15 is 0 Å². The van der Waals surface area contributed by atoms with Gasteiger partial charge in [-0.25, -0.2) is 0 Å². The Hall–Kier alpha value is -0.480. The number of hydrogen-bond acceptors (Lipinski definition) is 3. The summed E-state index contributed by atoms with van der Waals surface area (Å²) in [6.07, 6.45) is -0.736. The fourth-order valence-corrected chi connectivity index (χ4v) is 2.21. The zero-order valence-corrected chi connectivity index (χ0v) is 13.1. The smallest absolute Gasteiger partial charge is 0.313 e. The Kier molecular flexibility index (Phi) is 5.93. The second-order valence-electron chi connectivity index (χ2n) is 3.99. The Balaban J connectivity index is 2.98. The third-order valence-corrected chi connectivity index (χ3v) is 3.83. The first-order chi connectivity index (χ1) is 8.73. The van der Waals surface area contributed by atoms with E-state index in [1.807, 2.05) is 0 Å². The number of halogens is 4. The van der Waals surface area contributed by atoms with Crippen LogP contribution in [0, 0.1) is 0 Å².